The van der Waals surface area contributed by atoms with Crippen molar-refractivity contribution in [3.8, 4) is 33.6 Å². The molecule has 0 atom stereocenters. The van der Waals surface area contributed by atoms with E-state index in [0.717, 1.165) is 28.1 Å². The van der Waals surface area contributed by atoms with Crippen LogP contribution in [0, 0.1) is 0 Å². The summed E-state index contributed by atoms with van der Waals surface area (Å²) in [6.07, 6.45) is 7.16. The zero-order valence-electron chi connectivity index (χ0n) is 13.0. The molecule has 0 bridgehead atoms. The number of rotatable bonds is 3. The molecule has 0 saturated heterocycles. The van der Waals surface area contributed by atoms with Crippen LogP contribution >= 0.6 is 0 Å². The van der Waals surface area contributed by atoms with Gasteiger partial charge in [-0.3, -0.25) is 4.98 Å². The highest BCUT2D eigenvalue weighted by Crippen LogP contribution is 2.31. The van der Waals surface area contributed by atoms with Gasteiger partial charge in [-0.05, 0) is 40.5 Å². The van der Waals surface area contributed by atoms with Gasteiger partial charge in [-0.1, -0.05) is 48.5 Å². The van der Waals surface area contributed by atoms with Crippen LogP contribution in [0.4, 0.5) is 0 Å². The fourth-order valence-electron chi connectivity index (χ4n) is 2.75. The molecule has 0 N–H and O–H groups in total. The van der Waals surface area contributed by atoms with Crippen molar-refractivity contribution in [1.82, 2.24) is 15.0 Å². The fourth-order valence-corrected chi connectivity index (χ4v) is 2.75. The minimum absolute atomic E-state index is 0.742. The summed E-state index contributed by atoms with van der Waals surface area (Å²) in [6.45, 7) is 0. The molecule has 0 aliphatic rings. The molecule has 4 aromatic rings. The third-order valence-electron chi connectivity index (χ3n) is 3.94. The molecule has 0 radical (unpaired) electrons. The molecule has 0 amide bonds. The van der Waals surface area contributed by atoms with Gasteiger partial charge in [0.15, 0.2) is 5.82 Å². The normalized spacial score (nSPS) is 10.5. The number of nitrogens with zero attached hydrogens (tertiary/aromatic N) is 3. The van der Waals surface area contributed by atoms with Gasteiger partial charge in [0.2, 0.25) is 0 Å². The molecule has 0 saturated carbocycles. The van der Waals surface area contributed by atoms with Crippen LogP contribution < -0.4 is 0 Å². The molecule has 4 rings (SSSR count). The van der Waals surface area contributed by atoms with E-state index in [2.05, 4.69) is 51.4 Å². The molecule has 0 unspecified atom stereocenters. The van der Waals surface area contributed by atoms with Crippen LogP contribution in [0.3, 0.4) is 0 Å². The summed E-state index contributed by atoms with van der Waals surface area (Å²) in [5.74, 6) is 0.742. The SMILES string of the molecule is c1cnc(-c2ccccc2-c2ccc(-c3ccncc3)cc2)nc1. The standard InChI is InChI=1S/C21H15N3/c1-2-5-20(21-23-12-3-13-24-21)19(4-1)18-8-6-16(7-9-18)17-10-14-22-15-11-17/h1-15H. The van der Waals surface area contributed by atoms with E-state index < -0.39 is 0 Å². The largest absolute Gasteiger partial charge is 0.265 e. The van der Waals surface area contributed by atoms with E-state index in [1.54, 1.807) is 12.4 Å². The Balaban J connectivity index is 1.75. The summed E-state index contributed by atoms with van der Waals surface area (Å²) >= 11 is 0. The van der Waals surface area contributed by atoms with Crippen molar-refractivity contribution in [2.24, 2.45) is 0 Å². The summed E-state index contributed by atoms with van der Waals surface area (Å²) in [6, 6.07) is 22.6. The average Bonchev–Trinajstić information content (AvgIpc) is 2.69. The number of benzene rings is 2. The van der Waals surface area contributed by atoms with Crippen molar-refractivity contribution >= 4 is 0 Å². The Kier molecular flexibility index (Phi) is 3.82. The van der Waals surface area contributed by atoms with Gasteiger partial charge in [-0.15, -0.1) is 0 Å². The summed E-state index contributed by atoms with van der Waals surface area (Å²) in [4.78, 5) is 12.8. The second kappa shape index (κ2) is 6.42. The highest BCUT2D eigenvalue weighted by atomic mass is 14.9. The van der Waals surface area contributed by atoms with Crippen LogP contribution in [-0.2, 0) is 0 Å². The quantitative estimate of drug-likeness (QED) is 0.542. The first-order chi connectivity index (χ1) is 11.9. The van der Waals surface area contributed by atoms with Crippen molar-refractivity contribution in [3.05, 3.63) is 91.5 Å². The van der Waals surface area contributed by atoms with Gasteiger partial charge < -0.3 is 0 Å². The Morgan fingerprint density at radius 3 is 1.75 bits per heavy atom. The van der Waals surface area contributed by atoms with Crippen LogP contribution in [0.15, 0.2) is 91.5 Å². The lowest BCUT2D eigenvalue weighted by Crippen LogP contribution is -1.90. The van der Waals surface area contributed by atoms with E-state index in [4.69, 9.17) is 0 Å². The van der Waals surface area contributed by atoms with Crippen LogP contribution in [0.1, 0.15) is 0 Å². The van der Waals surface area contributed by atoms with Gasteiger partial charge in [-0.2, -0.15) is 0 Å². The van der Waals surface area contributed by atoms with Crippen molar-refractivity contribution < 1.29 is 0 Å². The Bertz CT molecular complexity index is 933. The topological polar surface area (TPSA) is 38.7 Å². The van der Waals surface area contributed by atoms with Crippen LogP contribution in [0.25, 0.3) is 33.6 Å². The van der Waals surface area contributed by atoms with E-state index in [1.165, 1.54) is 5.56 Å². The zero-order valence-corrected chi connectivity index (χ0v) is 13.0. The van der Waals surface area contributed by atoms with E-state index in [1.807, 2.05) is 42.7 Å². The van der Waals surface area contributed by atoms with Gasteiger partial charge in [0, 0.05) is 30.4 Å². The van der Waals surface area contributed by atoms with E-state index >= 15 is 0 Å². The molecule has 0 aliphatic heterocycles. The third-order valence-corrected chi connectivity index (χ3v) is 3.94. The molecule has 2 aromatic carbocycles. The van der Waals surface area contributed by atoms with E-state index in [0.29, 0.717) is 0 Å². The summed E-state index contributed by atoms with van der Waals surface area (Å²) in [7, 11) is 0. The highest BCUT2D eigenvalue weighted by molar-refractivity contribution is 5.81. The molecule has 24 heavy (non-hydrogen) atoms. The first kappa shape index (κ1) is 14.3. The Hall–Kier alpha value is -3.33. The van der Waals surface area contributed by atoms with Gasteiger partial charge in [-0.25, -0.2) is 9.97 Å². The smallest absolute Gasteiger partial charge is 0.159 e. The van der Waals surface area contributed by atoms with Gasteiger partial charge in [0.25, 0.3) is 0 Å². The maximum atomic E-state index is 4.38. The van der Waals surface area contributed by atoms with Crippen molar-refractivity contribution in [2.45, 2.75) is 0 Å². The molecule has 0 fully saturated rings. The number of hydrogen-bond acceptors (Lipinski definition) is 3. The number of pyridine rings is 1. The van der Waals surface area contributed by atoms with E-state index in [-0.39, 0.29) is 0 Å². The fraction of sp³-hybridized carbons (Fsp3) is 0. The number of aromatic nitrogens is 3. The zero-order chi connectivity index (χ0) is 16.2. The Morgan fingerprint density at radius 1 is 0.458 bits per heavy atom. The first-order valence-corrected chi connectivity index (χ1v) is 7.79. The van der Waals surface area contributed by atoms with E-state index in [9.17, 15) is 0 Å². The monoisotopic (exact) mass is 309 g/mol. The van der Waals surface area contributed by atoms with Crippen molar-refractivity contribution in [3.63, 3.8) is 0 Å². The molecular formula is C21H15N3. The molecule has 0 aliphatic carbocycles. The lowest BCUT2D eigenvalue weighted by atomic mass is 9.97. The number of hydrogen-bond donors (Lipinski definition) is 0. The molecule has 2 heterocycles. The van der Waals surface area contributed by atoms with Gasteiger partial charge >= 0.3 is 0 Å². The van der Waals surface area contributed by atoms with Gasteiger partial charge in [0.1, 0.15) is 0 Å². The molecule has 3 nitrogen and oxygen atoms in total. The first-order valence-electron chi connectivity index (χ1n) is 7.79. The third kappa shape index (κ3) is 2.79. The summed E-state index contributed by atoms with van der Waals surface area (Å²) in [5, 5.41) is 0. The molecule has 114 valence electrons. The molecular weight excluding hydrogens is 294 g/mol. The summed E-state index contributed by atoms with van der Waals surface area (Å²) < 4.78 is 0. The average molecular weight is 309 g/mol. The Morgan fingerprint density at radius 2 is 1.04 bits per heavy atom. The lowest BCUT2D eigenvalue weighted by molar-refractivity contribution is 1.18. The Labute approximate surface area is 140 Å². The lowest BCUT2D eigenvalue weighted by Gasteiger charge is -2.09. The van der Waals surface area contributed by atoms with Crippen LogP contribution in [0.5, 0.6) is 0 Å². The maximum Gasteiger partial charge on any atom is 0.159 e. The van der Waals surface area contributed by atoms with Gasteiger partial charge in [0.05, 0.1) is 0 Å². The van der Waals surface area contributed by atoms with Crippen LogP contribution in [0.2, 0.25) is 0 Å². The van der Waals surface area contributed by atoms with Crippen molar-refractivity contribution in [2.75, 3.05) is 0 Å². The minimum atomic E-state index is 0.742. The maximum absolute atomic E-state index is 4.38. The molecule has 3 heteroatoms. The van der Waals surface area contributed by atoms with Crippen LogP contribution in [-0.4, -0.2) is 15.0 Å². The summed E-state index contributed by atoms with van der Waals surface area (Å²) in [5.41, 5.74) is 5.65. The highest BCUT2D eigenvalue weighted by Gasteiger charge is 2.09. The predicted octanol–water partition coefficient (Wildman–Crippen LogP) is 4.87. The minimum Gasteiger partial charge on any atom is -0.265 e. The predicted molar refractivity (Wildman–Crippen MR) is 96.1 cm³/mol. The van der Waals surface area contributed by atoms with Crippen molar-refractivity contribution in [1.29, 1.82) is 0 Å². The molecule has 2 aromatic heterocycles. The second-order valence-corrected chi connectivity index (χ2v) is 5.43. The molecule has 0 spiro atoms. The second-order valence-electron chi connectivity index (χ2n) is 5.43.